The molecule has 0 saturated carbocycles. The number of piperidine rings is 1. The Bertz CT molecular complexity index is 227. The Hall–Kier alpha value is -0.610. The molecule has 4 heteroatoms. The van der Waals surface area contributed by atoms with Crippen molar-refractivity contribution in [2.45, 2.75) is 31.8 Å². The number of hydrogen-bond donors (Lipinski definition) is 1. The number of carbonyl (C=O) groups is 1. The van der Waals surface area contributed by atoms with Crippen molar-refractivity contribution in [2.24, 2.45) is 0 Å². The maximum atomic E-state index is 11.8. The molecular weight excluding hydrogens is 192 g/mol. The minimum absolute atomic E-state index is 0.231. The molecule has 0 spiro atoms. The summed E-state index contributed by atoms with van der Waals surface area (Å²) in [6, 6.07) is 0. The molecule has 2 saturated heterocycles. The van der Waals surface area contributed by atoms with Gasteiger partial charge in [0.05, 0.1) is 12.6 Å². The third-order valence-electron chi connectivity index (χ3n) is 3.30. The minimum atomic E-state index is -0.231. The fourth-order valence-electron chi connectivity index (χ4n) is 2.43. The van der Waals surface area contributed by atoms with Gasteiger partial charge in [-0.2, -0.15) is 0 Å². The monoisotopic (exact) mass is 212 g/mol. The van der Waals surface area contributed by atoms with E-state index in [1.807, 2.05) is 4.90 Å². The zero-order valence-corrected chi connectivity index (χ0v) is 9.19. The van der Waals surface area contributed by atoms with Crippen molar-refractivity contribution in [1.29, 1.82) is 0 Å². The van der Waals surface area contributed by atoms with Gasteiger partial charge in [0, 0.05) is 19.6 Å². The van der Waals surface area contributed by atoms with Crippen LogP contribution < -0.4 is 0 Å². The van der Waals surface area contributed by atoms with Gasteiger partial charge in [-0.1, -0.05) is 0 Å². The van der Waals surface area contributed by atoms with Gasteiger partial charge >= 0.3 is 0 Å². The van der Waals surface area contributed by atoms with Crippen molar-refractivity contribution >= 4 is 5.91 Å². The number of aliphatic hydroxyl groups excluding tert-OH is 1. The van der Waals surface area contributed by atoms with Crippen LogP contribution in [0.15, 0.2) is 0 Å². The third kappa shape index (κ3) is 2.92. The van der Waals surface area contributed by atoms with E-state index in [0.717, 1.165) is 45.3 Å². The van der Waals surface area contributed by atoms with Crippen LogP contribution in [0.4, 0.5) is 0 Å². The quantitative estimate of drug-likeness (QED) is 0.704. The predicted octanol–water partition coefficient (Wildman–Crippen LogP) is 0.0655. The molecule has 2 fully saturated rings. The lowest BCUT2D eigenvalue weighted by atomic mass is 10.1. The average molecular weight is 212 g/mol. The van der Waals surface area contributed by atoms with Crippen molar-refractivity contribution in [1.82, 2.24) is 9.80 Å². The van der Waals surface area contributed by atoms with Gasteiger partial charge in [-0.05, 0) is 32.2 Å². The fourth-order valence-corrected chi connectivity index (χ4v) is 2.43. The summed E-state index contributed by atoms with van der Waals surface area (Å²) in [5.41, 5.74) is 0. The molecule has 0 aromatic heterocycles. The van der Waals surface area contributed by atoms with Crippen molar-refractivity contribution < 1.29 is 9.90 Å². The first kappa shape index (κ1) is 10.9. The molecule has 0 aliphatic carbocycles. The summed E-state index contributed by atoms with van der Waals surface area (Å²) in [5.74, 6) is 0.238. The number of hydrogen-bond acceptors (Lipinski definition) is 3. The number of β-amino-alcohol motifs (C(OH)–C–C–N with tert-alkyl or cyclic N) is 1. The molecule has 2 heterocycles. The summed E-state index contributed by atoms with van der Waals surface area (Å²) >= 11 is 0. The smallest absolute Gasteiger partial charge is 0.236 e. The molecule has 1 amide bonds. The molecule has 2 aliphatic rings. The summed E-state index contributed by atoms with van der Waals surface area (Å²) in [6.45, 7) is 3.97. The summed E-state index contributed by atoms with van der Waals surface area (Å²) in [5, 5.41) is 9.49. The third-order valence-corrected chi connectivity index (χ3v) is 3.30. The summed E-state index contributed by atoms with van der Waals surface area (Å²) in [4.78, 5) is 15.8. The van der Waals surface area contributed by atoms with Crippen LogP contribution in [0.2, 0.25) is 0 Å². The number of aliphatic hydroxyl groups is 1. The average Bonchev–Trinajstić information content (AvgIpc) is 2.70. The van der Waals surface area contributed by atoms with E-state index < -0.39 is 0 Å². The van der Waals surface area contributed by atoms with Crippen molar-refractivity contribution in [3.05, 3.63) is 0 Å². The maximum absolute atomic E-state index is 11.8. The van der Waals surface area contributed by atoms with Gasteiger partial charge in [0.1, 0.15) is 0 Å². The van der Waals surface area contributed by atoms with Crippen LogP contribution in [0.1, 0.15) is 25.7 Å². The van der Waals surface area contributed by atoms with Crippen LogP contribution in [0, 0.1) is 0 Å². The SMILES string of the molecule is O=C(CN1CCC[C@H](O)C1)N1CCCC1. The first-order valence-electron chi connectivity index (χ1n) is 5.94. The molecule has 0 unspecified atom stereocenters. The van der Waals surface area contributed by atoms with Crippen LogP contribution in [0.5, 0.6) is 0 Å². The van der Waals surface area contributed by atoms with Gasteiger partial charge in [-0.3, -0.25) is 9.69 Å². The second kappa shape index (κ2) is 4.94. The molecule has 4 nitrogen and oxygen atoms in total. The van der Waals surface area contributed by atoms with Crippen molar-refractivity contribution in [2.75, 3.05) is 32.7 Å². The first-order valence-corrected chi connectivity index (χ1v) is 5.94. The summed E-state index contributed by atoms with van der Waals surface area (Å²) < 4.78 is 0. The van der Waals surface area contributed by atoms with Crippen LogP contribution in [-0.4, -0.2) is 59.6 Å². The van der Waals surface area contributed by atoms with E-state index in [9.17, 15) is 9.90 Å². The highest BCUT2D eigenvalue weighted by Gasteiger charge is 2.23. The second-order valence-electron chi connectivity index (χ2n) is 4.62. The largest absolute Gasteiger partial charge is 0.392 e. The zero-order chi connectivity index (χ0) is 10.7. The molecule has 86 valence electrons. The Morgan fingerprint density at radius 2 is 1.93 bits per heavy atom. The Labute approximate surface area is 90.9 Å². The highest BCUT2D eigenvalue weighted by Crippen LogP contribution is 2.12. The molecule has 2 rings (SSSR count). The van der Waals surface area contributed by atoms with E-state index in [2.05, 4.69) is 4.90 Å². The lowest BCUT2D eigenvalue weighted by Gasteiger charge is -2.30. The van der Waals surface area contributed by atoms with Crippen LogP contribution in [-0.2, 0) is 4.79 Å². The standard InChI is InChI=1S/C11H20N2O2/c14-10-4-3-5-12(8-10)9-11(15)13-6-1-2-7-13/h10,14H,1-9H2/t10-/m0/s1. The van der Waals surface area contributed by atoms with Gasteiger partial charge in [-0.25, -0.2) is 0 Å². The van der Waals surface area contributed by atoms with Gasteiger partial charge in [0.2, 0.25) is 5.91 Å². The van der Waals surface area contributed by atoms with E-state index in [1.165, 1.54) is 0 Å². The predicted molar refractivity (Wildman–Crippen MR) is 57.5 cm³/mol. The molecule has 2 aliphatic heterocycles. The van der Waals surface area contributed by atoms with Gasteiger partial charge in [-0.15, -0.1) is 0 Å². The number of amides is 1. The highest BCUT2D eigenvalue weighted by atomic mass is 16.3. The maximum Gasteiger partial charge on any atom is 0.236 e. The minimum Gasteiger partial charge on any atom is -0.392 e. The number of likely N-dealkylation sites (tertiary alicyclic amines) is 2. The zero-order valence-electron chi connectivity index (χ0n) is 9.19. The van der Waals surface area contributed by atoms with E-state index in [0.29, 0.717) is 13.1 Å². The summed E-state index contributed by atoms with van der Waals surface area (Å²) in [7, 11) is 0. The normalized spacial score (nSPS) is 28.3. The number of nitrogens with zero attached hydrogens (tertiary/aromatic N) is 2. The number of carbonyl (C=O) groups excluding carboxylic acids is 1. The first-order chi connectivity index (χ1) is 7.25. The molecule has 15 heavy (non-hydrogen) atoms. The van der Waals surface area contributed by atoms with Crippen molar-refractivity contribution in [3.8, 4) is 0 Å². The Balaban J connectivity index is 1.77. The van der Waals surface area contributed by atoms with E-state index in [4.69, 9.17) is 0 Å². The molecule has 0 bridgehead atoms. The molecule has 0 aromatic carbocycles. The fraction of sp³-hybridized carbons (Fsp3) is 0.909. The lowest BCUT2D eigenvalue weighted by molar-refractivity contribution is -0.132. The van der Waals surface area contributed by atoms with E-state index in [1.54, 1.807) is 0 Å². The van der Waals surface area contributed by atoms with Crippen LogP contribution in [0.3, 0.4) is 0 Å². The van der Waals surface area contributed by atoms with Crippen LogP contribution in [0.25, 0.3) is 0 Å². The highest BCUT2D eigenvalue weighted by molar-refractivity contribution is 5.78. The second-order valence-corrected chi connectivity index (χ2v) is 4.62. The topological polar surface area (TPSA) is 43.8 Å². The van der Waals surface area contributed by atoms with E-state index in [-0.39, 0.29) is 12.0 Å². The molecule has 1 N–H and O–H groups in total. The Morgan fingerprint density at radius 3 is 2.60 bits per heavy atom. The Morgan fingerprint density at radius 1 is 1.20 bits per heavy atom. The van der Waals surface area contributed by atoms with E-state index >= 15 is 0 Å². The Kier molecular flexibility index (Phi) is 3.59. The van der Waals surface area contributed by atoms with Gasteiger partial charge in [0.25, 0.3) is 0 Å². The van der Waals surface area contributed by atoms with Gasteiger partial charge in [0.15, 0.2) is 0 Å². The van der Waals surface area contributed by atoms with Crippen LogP contribution >= 0.6 is 0 Å². The van der Waals surface area contributed by atoms with Crippen molar-refractivity contribution in [3.63, 3.8) is 0 Å². The van der Waals surface area contributed by atoms with Gasteiger partial charge < -0.3 is 10.0 Å². The molecule has 1 atom stereocenters. The molecule has 0 radical (unpaired) electrons. The molecule has 0 aromatic rings. The number of rotatable bonds is 2. The lowest BCUT2D eigenvalue weighted by Crippen LogP contribution is -2.44. The summed E-state index contributed by atoms with van der Waals surface area (Å²) in [6.07, 6.45) is 3.95. The molecular formula is C11H20N2O2.